The molecule has 2 aromatic heterocycles. The molecule has 3 aliphatic heterocycles. The Kier molecular flexibility index (Phi) is 10.7. The number of aromatic nitrogens is 3. The molecule has 5 heterocycles. The molecule has 2 atom stereocenters. The summed E-state index contributed by atoms with van der Waals surface area (Å²) >= 11 is 7.86. The number of allylic oxidation sites excluding steroid dienone is 1. The summed E-state index contributed by atoms with van der Waals surface area (Å²) in [5.74, 6) is -0.900. The number of hydrogen-bond acceptors (Lipinski definition) is 10. The molecule has 0 bridgehead atoms. The highest BCUT2D eigenvalue weighted by molar-refractivity contribution is 7.15. The zero-order valence-electron chi connectivity index (χ0n) is 30.5. The zero-order chi connectivity index (χ0) is 39.0. The summed E-state index contributed by atoms with van der Waals surface area (Å²) in [6, 6.07) is 10.5. The molecule has 14 nitrogen and oxygen atoms in total. The lowest BCUT2D eigenvalue weighted by molar-refractivity contribution is -0.125. The van der Waals surface area contributed by atoms with Gasteiger partial charge in [0.25, 0.3) is 17.7 Å². The van der Waals surface area contributed by atoms with Crippen molar-refractivity contribution >= 4 is 58.2 Å². The molecule has 5 amide bonds. The quantitative estimate of drug-likeness (QED) is 0.137. The first kappa shape index (κ1) is 37.6. The lowest BCUT2D eigenvalue weighted by Gasteiger charge is -2.29. The van der Waals surface area contributed by atoms with Crippen molar-refractivity contribution in [3.8, 4) is 10.8 Å². The van der Waals surface area contributed by atoms with Gasteiger partial charge in [-0.05, 0) is 76.3 Å². The van der Waals surface area contributed by atoms with E-state index < -0.39 is 35.7 Å². The second-order valence-electron chi connectivity index (χ2n) is 13.6. The summed E-state index contributed by atoms with van der Waals surface area (Å²) in [6.07, 6.45) is 1.97. The molecular weight excluding hydrogens is 744 g/mol. The summed E-state index contributed by atoms with van der Waals surface area (Å²) in [4.78, 5) is 72.1. The van der Waals surface area contributed by atoms with Gasteiger partial charge in [0, 0.05) is 39.8 Å². The van der Waals surface area contributed by atoms with Crippen molar-refractivity contribution < 1.29 is 28.7 Å². The average Bonchev–Trinajstić information content (AvgIpc) is 3.73. The van der Waals surface area contributed by atoms with Crippen LogP contribution in [0.4, 0.5) is 0 Å². The van der Waals surface area contributed by atoms with Crippen molar-refractivity contribution in [2.24, 2.45) is 4.99 Å². The molecular formula is C39H39ClN8O6S. The highest BCUT2D eigenvalue weighted by atomic mass is 35.5. The number of imide groups is 1. The molecule has 1 fully saturated rings. The van der Waals surface area contributed by atoms with Crippen molar-refractivity contribution in [2.45, 2.75) is 65.0 Å². The van der Waals surface area contributed by atoms with E-state index >= 15 is 0 Å². The molecule has 2 aromatic carbocycles. The normalized spacial score (nSPS) is 17.5. The third-order valence-electron chi connectivity index (χ3n) is 9.88. The van der Waals surface area contributed by atoms with Gasteiger partial charge < -0.3 is 20.7 Å². The van der Waals surface area contributed by atoms with Crippen LogP contribution >= 0.6 is 22.9 Å². The molecule has 1 saturated heterocycles. The molecule has 1 unspecified atom stereocenters. The first-order chi connectivity index (χ1) is 26.4. The Morgan fingerprint density at radius 3 is 2.44 bits per heavy atom. The Labute approximate surface area is 326 Å². The van der Waals surface area contributed by atoms with Crippen LogP contribution in [0.15, 0.2) is 59.7 Å². The van der Waals surface area contributed by atoms with Crippen LogP contribution in [0.25, 0.3) is 5.00 Å². The number of nitrogens with one attached hydrogen (secondary N) is 3. The number of rotatable bonds is 12. The maximum absolute atomic E-state index is 13.3. The Hall–Kier alpha value is -5.67. The SMILES string of the molecule is C=C1CCC(N2C(=O)c3cccc(OCC(=O)NCCCCNC(=O)C[C@@H]4N=C(c5ccc(Cl)cc5)c5c(sc(C)c5C)-n5c(C)nnc54)c3C2=O)C(=O)N1. The van der Waals surface area contributed by atoms with E-state index in [1.165, 1.54) is 12.1 Å². The van der Waals surface area contributed by atoms with E-state index in [1.807, 2.05) is 35.8 Å². The molecule has 284 valence electrons. The topological polar surface area (TPSA) is 177 Å². The molecule has 4 aromatic rings. The Bertz CT molecular complexity index is 2280. The van der Waals surface area contributed by atoms with E-state index in [4.69, 9.17) is 21.3 Å². The van der Waals surface area contributed by atoms with Crippen LogP contribution in [0, 0.1) is 20.8 Å². The summed E-state index contributed by atoms with van der Waals surface area (Å²) in [7, 11) is 0. The van der Waals surface area contributed by atoms with Crippen molar-refractivity contribution in [1.29, 1.82) is 0 Å². The highest BCUT2D eigenvalue weighted by Crippen LogP contribution is 2.40. The number of thiophene rings is 1. The van der Waals surface area contributed by atoms with E-state index in [2.05, 4.69) is 46.6 Å². The molecule has 16 heteroatoms. The third-order valence-corrected chi connectivity index (χ3v) is 11.3. The largest absolute Gasteiger partial charge is 0.483 e. The van der Waals surface area contributed by atoms with Crippen molar-refractivity contribution in [3.63, 3.8) is 0 Å². The van der Waals surface area contributed by atoms with Gasteiger partial charge >= 0.3 is 0 Å². The number of amides is 5. The first-order valence-corrected chi connectivity index (χ1v) is 19.1. The number of carbonyl (C=O) groups is 5. The fraction of sp³-hybridized carbons (Fsp3) is 0.333. The summed E-state index contributed by atoms with van der Waals surface area (Å²) in [5, 5.41) is 18.8. The predicted molar refractivity (Wildman–Crippen MR) is 206 cm³/mol. The van der Waals surface area contributed by atoms with Crippen molar-refractivity contribution in [2.75, 3.05) is 19.7 Å². The maximum Gasteiger partial charge on any atom is 0.266 e. The number of nitrogens with zero attached hydrogens (tertiary/aromatic N) is 5. The van der Waals surface area contributed by atoms with Gasteiger partial charge in [-0.3, -0.25) is 38.4 Å². The molecule has 0 aliphatic carbocycles. The lowest BCUT2D eigenvalue weighted by atomic mass is 9.99. The standard InChI is InChI=1S/C39H39ClN8O6S/c1-20-10-15-28(36(51)43-20)48-37(52)26-8-7-9-29(33(26)38(48)53)54-19-31(50)42-17-6-5-16-41-30(49)18-27-35-46-45-23(4)47(35)39-32(21(2)22(3)55-39)34(44-27)24-11-13-25(40)14-12-24/h7-9,11-14,27-28H,1,5-6,10,15-19H2,2-4H3,(H,41,49)(H,42,50)(H,43,51)/t27-,28?/m0/s1. The second kappa shape index (κ2) is 15.6. The number of carbonyl (C=O) groups excluding carboxylic acids is 5. The third kappa shape index (κ3) is 7.41. The van der Waals surface area contributed by atoms with Crippen LogP contribution in [0.2, 0.25) is 5.02 Å². The lowest BCUT2D eigenvalue weighted by Crippen LogP contribution is -2.51. The molecule has 7 rings (SSSR count). The smallest absolute Gasteiger partial charge is 0.266 e. The fourth-order valence-corrected chi connectivity index (χ4v) is 8.30. The summed E-state index contributed by atoms with van der Waals surface area (Å²) < 4.78 is 7.69. The summed E-state index contributed by atoms with van der Waals surface area (Å²) in [6.45, 7) is 10.1. The van der Waals surface area contributed by atoms with Crippen LogP contribution < -0.4 is 20.7 Å². The minimum Gasteiger partial charge on any atom is -0.483 e. The van der Waals surface area contributed by atoms with E-state index in [9.17, 15) is 24.0 Å². The second-order valence-corrected chi connectivity index (χ2v) is 15.3. The van der Waals surface area contributed by atoms with Crippen molar-refractivity contribution in [1.82, 2.24) is 35.6 Å². The van der Waals surface area contributed by atoms with Gasteiger partial charge in [0.05, 0.1) is 23.3 Å². The molecule has 0 saturated carbocycles. The summed E-state index contributed by atoms with van der Waals surface area (Å²) in [5.41, 5.74) is 4.44. The highest BCUT2D eigenvalue weighted by Gasteiger charge is 2.45. The van der Waals surface area contributed by atoms with Gasteiger partial charge in [0.1, 0.15) is 28.7 Å². The van der Waals surface area contributed by atoms with Gasteiger partial charge in [-0.15, -0.1) is 21.5 Å². The molecule has 55 heavy (non-hydrogen) atoms. The monoisotopic (exact) mass is 782 g/mol. The zero-order valence-corrected chi connectivity index (χ0v) is 32.1. The average molecular weight is 783 g/mol. The molecule has 0 spiro atoms. The minimum atomic E-state index is -0.952. The minimum absolute atomic E-state index is 0.0284. The van der Waals surface area contributed by atoms with Crippen LogP contribution in [0.1, 0.15) is 92.1 Å². The van der Waals surface area contributed by atoms with Crippen LogP contribution in [0.3, 0.4) is 0 Å². The maximum atomic E-state index is 13.3. The number of benzene rings is 2. The van der Waals surface area contributed by atoms with Gasteiger partial charge in [-0.25, -0.2) is 0 Å². The number of piperidine rings is 1. The van der Waals surface area contributed by atoms with Gasteiger partial charge in [-0.1, -0.05) is 36.4 Å². The molecule has 0 radical (unpaired) electrons. The predicted octanol–water partition coefficient (Wildman–Crippen LogP) is 4.67. The number of fused-ring (bicyclic) bond motifs is 4. The number of hydrogen-bond donors (Lipinski definition) is 3. The van der Waals surface area contributed by atoms with Crippen LogP contribution in [0.5, 0.6) is 5.75 Å². The van der Waals surface area contributed by atoms with Crippen LogP contribution in [-0.2, 0) is 14.4 Å². The van der Waals surface area contributed by atoms with E-state index in [-0.39, 0.29) is 42.2 Å². The van der Waals surface area contributed by atoms with E-state index in [1.54, 1.807) is 17.4 Å². The first-order valence-electron chi connectivity index (χ1n) is 17.9. The number of ether oxygens (including phenoxy) is 1. The number of unbranched alkanes of at least 4 members (excludes halogenated alkanes) is 1. The Morgan fingerprint density at radius 1 is 0.982 bits per heavy atom. The van der Waals surface area contributed by atoms with E-state index in [0.717, 1.165) is 37.2 Å². The Morgan fingerprint density at radius 2 is 1.71 bits per heavy atom. The number of aliphatic imine (C=N–C) groups is 1. The molecule has 3 aliphatic rings. The molecule has 3 N–H and O–H groups in total. The van der Waals surface area contributed by atoms with E-state index in [0.29, 0.717) is 54.7 Å². The van der Waals surface area contributed by atoms with Gasteiger partial charge in [0.2, 0.25) is 11.8 Å². The number of aryl methyl sites for hydroxylation is 2. The van der Waals surface area contributed by atoms with Gasteiger partial charge in [-0.2, -0.15) is 0 Å². The fourth-order valence-electron chi connectivity index (χ4n) is 6.96. The Balaban J connectivity index is 0.906. The van der Waals surface area contributed by atoms with Crippen LogP contribution in [-0.4, -0.2) is 80.7 Å². The van der Waals surface area contributed by atoms with Crippen molar-refractivity contribution in [3.05, 3.63) is 104 Å². The van der Waals surface area contributed by atoms with Gasteiger partial charge in [0.15, 0.2) is 12.4 Å². The number of halogens is 1.